The van der Waals surface area contributed by atoms with E-state index < -0.39 is 10.0 Å². The zero-order valence-corrected chi connectivity index (χ0v) is 19.0. The first kappa shape index (κ1) is 22.2. The number of rotatable bonds is 5. The minimum atomic E-state index is -3.64. The molecule has 2 amide bonds. The number of hydrogen-bond acceptors (Lipinski definition) is 5. The molecule has 0 unspecified atom stereocenters. The van der Waals surface area contributed by atoms with Gasteiger partial charge >= 0.3 is 0 Å². The Morgan fingerprint density at radius 3 is 2.58 bits per heavy atom. The first-order valence-electron chi connectivity index (χ1n) is 11.1. The van der Waals surface area contributed by atoms with E-state index in [9.17, 15) is 18.0 Å². The third-order valence-corrected chi connectivity index (χ3v) is 8.49. The number of hydrogen-bond donors (Lipinski definition) is 1. The summed E-state index contributed by atoms with van der Waals surface area (Å²) >= 11 is 0. The summed E-state index contributed by atoms with van der Waals surface area (Å²) in [6, 6.07) is 5.04. The van der Waals surface area contributed by atoms with Gasteiger partial charge in [-0.15, -0.1) is 0 Å². The van der Waals surface area contributed by atoms with Crippen LogP contribution in [0.5, 0.6) is 0 Å². The largest absolute Gasteiger partial charge is 0.376 e. The third-order valence-electron chi connectivity index (χ3n) is 6.60. The van der Waals surface area contributed by atoms with Crippen LogP contribution in [0.1, 0.15) is 45.1 Å². The maximum atomic E-state index is 13.2. The first-order valence-corrected chi connectivity index (χ1v) is 12.5. The van der Waals surface area contributed by atoms with Crippen molar-refractivity contribution in [1.82, 2.24) is 9.62 Å². The van der Waals surface area contributed by atoms with Crippen molar-refractivity contribution in [2.75, 3.05) is 31.1 Å². The van der Waals surface area contributed by atoms with Crippen molar-refractivity contribution in [2.45, 2.75) is 63.0 Å². The molecule has 0 bridgehead atoms. The second-order valence-corrected chi connectivity index (χ2v) is 10.7. The molecule has 1 N–H and O–H groups in total. The molecule has 0 radical (unpaired) electrons. The molecule has 4 rings (SSSR count). The van der Waals surface area contributed by atoms with E-state index in [2.05, 4.69) is 5.32 Å². The van der Waals surface area contributed by atoms with E-state index >= 15 is 0 Å². The van der Waals surface area contributed by atoms with E-state index in [1.807, 2.05) is 6.92 Å². The highest BCUT2D eigenvalue weighted by molar-refractivity contribution is 7.89. The van der Waals surface area contributed by atoms with Crippen LogP contribution in [0, 0.1) is 5.92 Å². The normalized spacial score (nSPS) is 24.9. The Morgan fingerprint density at radius 2 is 1.94 bits per heavy atom. The maximum Gasteiger partial charge on any atom is 0.243 e. The van der Waals surface area contributed by atoms with Gasteiger partial charge in [-0.1, -0.05) is 0 Å². The van der Waals surface area contributed by atoms with E-state index in [1.165, 1.54) is 11.2 Å². The quantitative estimate of drug-likeness (QED) is 0.738. The molecule has 2 atom stereocenters. The Morgan fingerprint density at radius 1 is 1.19 bits per heavy atom. The topological polar surface area (TPSA) is 96.0 Å². The predicted octanol–water partition coefficient (Wildman–Crippen LogP) is 1.68. The van der Waals surface area contributed by atoms with Crippen molar-refractivity contribution in [1.29, 1.82) is 0 Å². The van der Waals surface area contributed by atoms with Gasteiger partial charge in [0.1, 0.15) is 0 Å². The zero-order valence-electron chi connectivity index (χ0n) is 18.2. The van der Waals surface area contributed by atoms with Gasteiger partial charge in [0.2, 0.25) is 21.8 Å². The molecular weight excluding hydrogens is 418 g/mol. The van der Waals surface area contributed by atoms with Gasteiger partial charge in [0.15, 0.2) is 0 Å². The lowest BCUT2D eigenvalue weighted by atomic mass is 9.97. The fourth-order valence-corrected chi connectivity index (χ4v) is 6.44. The second-order valence-electron chi connectivity index (χ2n) is 8.79. The molecule has 1 aromatic carbocycles. The Hall–Kier alpha value is -1.97. The van der Waals surface area contributed by atoms with Gasteiger partial charge in [-0.2, -0.15) is 4.31 Å². The Bertz CT molecular complexity index is 950. The van der Waals surface area contributed by atoms with Crippen molar-refractivity contribution in [2.24, 2.45) is 5.92 Å². The molecular formula is C22H31N3O5S. The average Bonchev–Trinajstić information content (AvgIpc) is 3.38. The van der Waals surface area contributed by atoms with Crippen molar-refractivity contribution >= 4 is 27.5 Å². The first-order chi connectivity index (χ1) is 14.8. The molecule has 9 heteroatoms. The van der Waals surface area contributed by atoms with E-state index in [-0.39, 0.29) is 34.8 Å². The van der Waals surface area contributed by atoms with Crippen molar-refractivity contribution in [3.8, 4) is 0 Å². The SMILES string of the molecule is CC(=O)N1c2ccc(S(=O)(=O)N3CCC(C(=O)NC[C@@H]4CCCO4)CC3)cc2C[C@@H]1C. The zero-order chi connectivity index (χ0) is 22.2. The number of benzene rings is 1. The fraction of sp³-hybridized carbons (Fsp3) is 0.636. The van der Waals surface area contributed by atoms with Gasteiger partial charge in [0, 0.05) is 50.8 Å². The minimum Gasteiger partial charge on any atom is -0.376 e. The number of carbonyl (C=O) groups excluding carboxylic acids is 2. The highest BCUT2D eigenvalue weighted by atomic mass is 32.2. The van der Waals surface area contributed by atoms with Gasteiger partial charge in [0.25, 0.3) is 0 Å². The van der Waals surface area contributed by atoms with E-state index in [4.69, 9.17) is 4.74 Å². The van der Waals surface area contributed by atoms with Crippen LogP contribution in [-0.2, 0) is 30.8 Å². The monoisotopic (exact) mass is 449 g/mol. The van der Waals surface area contributed by atoms with Gasteiger partial charge in [-0.25, -0.2) is 8.42 Å². The third kappa shape index (κ3) is 4.49. The number of sulfonamides is 1. The lowest BCUT2D eigenvalue weighted by Crippen LogP contribution is -2.44. The predicted molar refractivity (Wildman–Crippen MR) is 116 cm³/mol. The van der Waals surface area contributed by atoms with Crippen molar-refractivity contribution in [3.05, 3.63) is 23.8 Å². The molecule has 3 heterocycles. The van der Waals surface area contributed by atoms with Gasteiger partial charge in [-0.3, -0.25) is 9.59 Å². The highest BCUT2D eigenvalue weighted by Gasteiger charge is 2.34. The summed E-state index contributed by atoms with van der Waals surface area (Å²) in [6.07, 6.45) is 3.77. The number of nitrogens with zero attached hydrogens (tertiary/aromatic N) is 2. The number of fused-ring (bicyclic) bond motifs is 1. The molecule has 1 aromatic rings. The molecule has 3 aliphatic heterocycles. The number of amides is 2. The summed E-state index contributed by atoms with van der Waals surface area (Å²) in [5.41, 5.74) is 1.67. The van der Waals surface area contributed by atoms with Crippen LogP contribution >= 0.6 is 0 Å². The van der Waals surface area contributed by atoms with Crippen LogP contribution in [-0.4, -0.2) is 62.9 Å². The van der Waals surface area contributed by atoms with E-state index in [1.54, 1.807) is 23.1 Å². The standard InChI is InChI=1S/C22H31N3O5S/c1-15-12-18-13-20(5-6-21(18)25(15)16(2)26)31(28,29)24-9-7-17(8-10-24)22(27)23-14-19-4-3-11-30-19/h5-6,13,15,17,19H,3-4,7-12,14H2,1-2H3,(H,23,27)/t15-,19-/m0/s1. The minimum absolute atomic E-state index is 0.0107. The van der Waals surface area contributed by atoms with Gasteiger partial charge in [0.05, 0.1) is 11.0 Å². The lowest BCUT2D eigenvalue weighted by molar-refractivity contribution is -0.126. The van der Waals surface area contributed by atoms with Crippen molar-refractivity contribution in [3.63, 3.8) is 0 Å². The summed E-state index contributed by atoms with van der Waals surface area (Å²) in [5.74, 6) is -0.220. The van der Waals surface area contributed by atoms with Crippen LogP contribution in [0.2, 0.25) is 0 Å². The average molecular weight is 450 g/mol. The maximum absolute atomic E-state index is 13.2. The number of ether oxygens (including phenoxy) is 1. The van der Waals surface area contributed by atoms with E-state index in [0.717, 1.165) is 30.7 Å². The Balaban J connectivity index is 1.38. The fourth-order valence-electron chi connectivity index (χ4n) is 4.92. The molecule has 31 heavy (non-hydrogen) atoms. The van der Waals surface area contributed by atoms with Crippen LogP contribution in [0.25, 0.3) is 0 Å². The molecule has 0 aliphatic carbocycles. The summed E-state index contributed by atoms with van der Waals surface area (Å²) in [5, 5.41) is 2.96. The summed E-state index contributed by atoms with van der Waals surface area (Å²) in [4.78, 5) is 26.3. The summed E-state index contributed by atoms with van der Waals surface area (Å²) < 4.78 is 33.4. The molecule has 0 saturated carbocycles. The molecule has 0 aromatic heterocycles. The molecule has 2 fully saturated rings. The smallest absolute Gasteiger partial charge is 0.243 e. The Kier molecular flexibility index (Phi) is 6.37. The lowest BCUT2D eigenvalue weighted by Gasteiger charge is -2.31. The van der Waals surface area contributed by atoms with Gasteiger partial charge < -0.3 is 15.0 Å². The van der Waals surface area contributed by atoms with Gasteiger partial charge in [-0.05, 0) is 62.8 Å². The number of anilines is 1. The summed E-state index contributed by atoms with van der Waals surface area (Å²) in [7, 11) is -3.64. The highest BCUT2D eigenvalue weighted by Crippen LogP contribution is 2.35. The van der Waals surface area contributed by atoms with Crippen LogP contribution in [0.4, 0.5) is 5.69 Å². The van der Waals surface area contributed by atoms with Crippen molar-refractivity contribution < 1.29 is 22.7 Å². The molecule has 2 saturated heterocycles. The van der Waals surface area contributed by atoms with Crippen LogP contribution < -0.4 is 10.2 Å². The number of carbonyl (C=O) groups is 2. The number of nitrogens with one attached hydrogen (secondary N) is 1. The molecule has 8 nitrogen and oxygen atoms in total. The summed E-state index contributed by atoms with van der Waals surface area (Å²) in [6.45, 7) is 5.43. The molecule has 170 valence electrons. The van der Waals surface area contributed by atoms with Crippen LogP contribution in [0.3, 0.4) is 0 Å². The number of piperidine rings is 1. The molecule has 3 aliphatic rings. The van der Waals surface area contributed by atoms with E-state index in [0.29, 0.717) is 38.9 Å². The van der Waals surface area contributed by atoms with Crippen LogP contribution in [0.15, 0.2) is 23.1 Å². The Labute approximate surface area is 184 Å². The second kappa shape index (κ2) is 8.88. The molecule has 0 spiro atoms.